The molecule has 0 amide bonds. The van der Waals surface area contributed by atoms with E-state index in [2.05, 4.69) is 59.7 Å². The lowest BCUT2D eigenvalue weighted by Crippen LogP contribution is -2.36. The van der Waals surface area contributed by atoms with E-state index in [9.17, 15) is 5.11 Å². The molecule has 29 heavy (non-hydrogen) atoms. The van der Waals surface area contributed by atoms with Crippen molar-refractivity contribution in [2.45, 2.75) is 39.5 Å². The van der Waals surface area contributed by atoms with Crippen LogP contribution in [-0.4, -0.2) is 54.1 Å². The molecule has 0 aliphatic heterocycles. The Morgan fingerprint density at radius 1 is 1.24 bits per heavy atom. The van der Waals surface area contributed by atoms with Crippen LogP contribution in [0.3, 0.4) is 0 Å². The van der Waals surface area contributed by atoms with Gasteiger partial charge in [-0.15, -0.1) is 6.42 Å². The molecule has 0 aliphatic rings. The predicted molar refractivity (Wildman–Crippen MR) is 117 cm³/mol. The third kappa shape index (κ3) is 8.33. The summed E-state index contributed by atoms with van der Waals surface area (Å²) in [5, 5.41) is 10.3. The van der Waals surface area contributed by atoms with Crippen LogP contribution in [0.15, 0.2) is 42.6 Å². The van der Waals surface area contributed by atoms with Gasteiger partial charge in [-0.05, 0) is 48.7 Å². The standard InChI is InChI=1S/C24H34N2O3/c1-5-14-29-19-23(27)18-25(13-11-20(2)3)17-22-9-7-12-26(22)16-21-8-6-10-24(15-21)28-4/h1,6-10,12,15,20,23,27H,11,13-14,16-19H2,2-4H3. The van der Waals surface area contributed by atoms with Crippen LogP contribution in [0, 0.1) is 18.3 Å². The second kappa shape index (κ2) is 12.3. The number of aliphatic hydroxyl groups excluding tert-OH is 1. The Morgan fingerprint density at radius 3 is 2.79 bits per heavy atom. The fourth-order valence-electron chi connectivity index (χ4n) is 3.22. The normalized spacial score (nSPS) is 12.3. The Bertz CT molecular complexity index is 763. The molecule has 1 aromatic carbocycles. The third-order valence-corrected chi connectivity index (χ3v) is 4.78. The summed E-state index contributed by atoms with van der Waals surface area (Å²) in [6, 6.07) is 12.4. The first-order valence-electron chi connectivity index (χ1n) is 10.2. The molecule has 1 atom stereocenters. The first kappa shape index (κ1) is 23.0. The Morgan fingerprint density at radius 2 is 2.07 bits per heavy atom. The molecule has 2 rings (SSSR count). The molecule has 1 N–H and O–H groups in total. The van der Waals surface area contributed by atoms with Crippen molar-refractivity contribution in [1.82, 2.24) is 9.47 Å². The van der Waals surface area contributed by atoms with Gasteiger partial charge in [-0.3, -0.25) is 4.90 Å². The number of hydrogen-bond donors (Lipinski definition) is 1. The number of benzene rings is 1. The van der Waals surface area contributed by atoms with Crippen LogP contribution in [0.5, 0.6) is 5.75 Å². The maximum Gasteiger partial charge on any atom is 0.119 e. The van der Waals surface area contributed by atoms with Gasteiger partial charge in [0.15, 0.2) is 0 Å². The van der Waals surface area contributed by atoms with Crippen molar-refractivity contribution in [2.24, 2.45) is 5.92 Å². The van der Waals surface area contributed by atoms with Crippen LogP contribution in [0.1, 0.15) is 31.5 Å². The van der Waals surface area contributed by atoms with Crippen molar-refractivity contribution in [1.29, 1.82) is 0 Å². The van der Waals surface area contributed by atoms with E-state index in [1.165, 1.54) is 11.3 Å². The number of aromatic nitrogens is 1. The van der Waals surface area contributed by atoms with Crippen molar-refractivity contribution in [3.8, 4) is 18.1 Å². The molecule has 0 fully saturated rings. The van der Waals surface area contributed by atoms with Crippen LogP contribution in [-0.2, 0) is 17.8 Å². The lowest BCUT2D eigenvalue weighted by molar-refractivity contribution is 0.0248. The largest absolute Gasteiger partial charge is 0.497 e. The smallest absolute Gasteiger partial charge is 0.119 e. The van der Waals surface area contributed by atoms with Crippen LogP contribution < -0.4 is 4.74 Å². The Balaban J connectivity index is 2.03. The van der Waals surface area contributed by atoms with Crippen LogP contribution in [0.25, 0.3) is 0 Å². The molecule has 0 aliphatic carbocycles. The van der Waals surface area contributed by atoms with E-state index < -0.39 is 6.10 Å². The molecule has 2 aromatic rings. The van der Waals surface area contributed by atoms with E-state index in [1.807, 2.05) is 12.1 Å². The predicted octanol–water partition coefficient (Wildman–Crippen LogP) is 3.40. The molecule has 0 spiro atoms. The molecular weight excluding hydrogens is 364 g/mol. The van der Waals surface area contributed by atoms with Crippen LogP contribution in [0.2, 0.25) is 0 Å². The number of rotatable bonds is 13. The van der Waals surface area contributed by atoms with Crippen LogP contribution in [0.4, 0.5) is 0 Å². The average Bonchev–Trinajstić information content (AvgIpc) is 3.13. The van der Waals surface area contributed by atoms with Gasteiger partial charge in [0, 0.05) is 31.5 Å². The monoisotopic (exact) mass is 398 g/mol. The highest BCUT2D eigenvalue weighted by Crippen LogP contribution is 2.16. The zero-order chi connectivity index (χ0) is 21.1. The maximum atomic E-state index is 10.3. The summed E-state index contributed by atoms with van der Waals surface area (Å²) in [4.78, 5) is 2.29. The van der Waals surface area contributed by atoms with Gasteiger partial charge in [-0.2, -0.15) is 0 Å². The highest BCUT2D eigenvalue weighted by Gasteiger charge is 2.15. The van der Waals surface area contributed by atoms with E-state index in [4.69, 9.17) is 15.9 Å². The van der Waals surface area contributed by atoms with Crippen molar-refractivity contribution < 1.29 is 14.6 Å². The van der Waals surface area contributed by atoms with Gasteiger partial charge in [-0.1, -0.05) is 31.9 Å². The highest BCUT2D eigenvalue weighted by atomic mass is 16.5. The van der Waals surface area contributed by atoms with Gasteiger partial charge >= 0.3 is 0 Å². The van der Waals surface area contributed by atoms with E-state index in [-0.39, 0.29) is 13.2 Å². The van der Waals surface area contributed by atoms with Crippen molar-refractivity contribution in [2.75, 3.05) is 33.4 Å². The molecule has 0 saturated carbocycles. The van der Waals surface area contributed by atoms with Gasteiger partial charge in [0.25, 0.3) is 0 Å². The van der Waals surface area contributed by atoms with Crippen molar-refractivity contribution in [3.63, 3.8) is 0 Å². The lowest BCUT2D eigenvalue weighted by atomic mass is 10.1. The molecule has 1 aromatic heterocycles. The topological polar surface area (TPSA) is 46.9 Å². The molecule has 1 heterocycles. The number of ether oxygens (including phenoxy) is 2. The van der Waals surface area contributed by atoms with Crippen LogP contribution >= 0.6 is 0 Å². The number of terminal acetylenes is 1. The summed E-state index contributed by atoms with van der Waals surface area (Å²) in [5.74, 6) is 3.91. The van der Waals surface area contributed by atoms with Crippen molar-refractivity contribution >= 4 is 0 Å². The molecule has 158 valence electrons. The fourth-order valence-corrected chi connectivity index (χ4v) is 3.22. The Kier molecular flexibility index (Phi) is 9.79. The molecule has 1 unspecified atom stereocenters. The summed E-state index contributed by atoms with van der Waals surface area (Å²) in [7, 11) is 1.69. The number of hydrogen-bond acceptors (Lipinski definition) is 4. The molecule has 0 bridgehead atoms. The minimum Gasteiger partial charge on any atom is -0.497 e. The first-order valence-corrected chi connectivity index (χ1v) is 10.2. The molecular formula is C24H34N2O3. The average molecular weight is 399 g/mol. The van der Waals surface area contributed by atoms with Gasteiger partial charge in [-0.25, -0.2) is 0 Å². The zero-order valence-electron chi connectivity index (χ0n) is 17.9. The highest BCUT2D eigenvalue weighted by molar-refractivity contribution is 5.29. The van der Waals surface area contributed by atoms with Gasteiger partial charge in [0.1, 0.15) is 12.4 Å². The molecule has 0 saturated heterocycles. The van der Waals surface area contributed by atoms with E-state index in [0.29, 0.717) is 12.5 Å². The minimum atomic E-state index is -0.558. The number of aliphatic hydroxyl groups is 1. The van der Waals surface area contributed by atoms with E-state index >= 15 is 0 Å². The van der Waals surface area contributed by atoms with Crippen molar-refractivity contribution in [3.05, 3.63) is 53.9 Å². The third-order valence-electron chi connectivity index (χ3n) is 4.78. The number of methoxy groups -OCH3 is 1. The van der Waals surface area contributed by atoms with Gasteiger partial charge in [0.05, 0.1) is 19.8 Å². The van der Waals surface area contributed by atoms with Gasteiger partial charge < -0.3 is 19.1 Å². The molecule has 5 nitrogen and oxygen atoms in total. The Hall–Kier alpha value is -2.26. The fraction of sp³-hybridized carbons (Fsp3) is 0.500. The summed E-state index contributed by atoms with van der Waals surface area (Å²) in [5.41, 5.74) is 2.41. The second-order valence-electron chi connectivity index (χ2n) is 7.77. The van der Waals surface area contributed by atoms with E-state index in [1.54, 1.807) is 7.11 Å². The summed E-state index contributed by atoms with van der Waals surface area (Å²) in [6.07, 6.45) is 7.83. The summed E-state index contributed by atoms with van der Waals surface area (Å²) in [6.45, 7) is 7.96. The maximum absolute atomic E-state index is 10.3. The Labute approximate surface area is 175 Å². The molecule has 5 heteroatoms. The zero-order valence-corrected chi connectivity index (χ0v) is 17.9. The SMILES string of the molecule is C#CCOCC(O)CN(CCC(C)C)Cc1cccn1Cc1cccc(OC)c1. The summed E-state index contributed by atoms with van der Waals surface area (Å²) >= 11 is 0. The molecule has 0 radical (unpaired) electrons. The number of nitrogens with zero attached hydrogens (tertiary/aromatic N) is 2. The lowest BCUT2D eigenvalue weighted by Gasteiger charge is -2.26. The second-order valence-corrected chi connectivity index (χ2v) is 7.77. The summed E-state index contributed by atoms with van der Waals surface area (Å²) < 4.78 is 12.9. The first-order chi connectivity index (χ1) is 14.0. The quantitative estimate of drug-likeness (QED) is 0.415. The van der Waals surface area contributed by atoms with E-state index in [0.717, 1.165) is 31.8 Å². The minimum absolute atomic E-state index is 0.229. The van der Waals surface area contributed by atoms with Gasteiger partial charge in [0.2, 0.25) is 0 Å².